The Balaban J connectivity index is 1.87. The molecule has 0 radical (unpaired) electrons. The molecule has 2 N–H and O–H groups in total. The van der Waals surface area contributed by atoms with Crippen molar-refractivity contribution in [2.75, 3.05) is 32.5 Å². The van der Waals surface area contributed by atoms with Crippen molar-refractivity contribution in [2.45, 2.75) is 20.4 Å². The number of aryl methyl sites for hydroxylation is 2. The Morgan fingerprint density at radius 1 is 1.10 bits per heavy atom. The number of nitrogens with one attached hydrogen (secondary N) is 2. The second-order valence-corrected chi connectivity index (χ2v) is 8.14. The molecule has 0 aliphatic rings. The van der Waals surface area contributed by atoms with Gasteiger partial charge >= 0.3 is 0 Å². The van der Waals surface area contributed by atoms with Gasteiger partial charge in [-0.1, -0.05) is 12.1 Å². The summed E-state index contributed by atoms with van der Waals surface area (Å²) in [5, 5.41) is 4.63. The third-order valence-electron chi connectivity index (χ3n) is 5.19. The summed E-state index contributed by atoms with van der Waals surface area (Å²) in [5.74, 6) is -0.302. The van der Waals surface area contributed by atoms with E-state index in [0.29, 0.717) is 29.5 Å². The van der Waals surface area contributed by atoms with Crippen LogP contribution in [0.2, 0.25) is 0 Å². The van der Waals surface area contributed by atoms with Gasteiger partial charge in [-0.2, -0.15) is 0 Å². The summed E-state index contributed by atoms with van der Waals surface area (Å²) >= 11 is 5.61. The molecule has 3 aromatic rings. The summed E-state index contributed by atoms with van der Waals surface area (Å²) in [6.45, 7) is 5.83. The fourth-order valence-electron chi connectivity index (χ4n) is 3.20. The minimum absolute atomic E-state index is 0.115. The van der Waals surface area contributed by atoms with Gasteiger partial charge in [0.25, 0.3) is 5.56 Å². The smallest absolute Gasteiger partial charge is 0.253 e. The van der Waals surface area contributed by atoms with Gasteiger partial charge in [-0.3, -0.25) is 4.79 Å². The Morgan fingerprint density at radius 2 is 1.80 bits per heavy atom. The fourth-order valence-corrected chi connectivity index (χ4v) is 3.48. The lowest BCUT2D eigenvalue weighted by atomic mass is 10.0. The summed E-state index contributed by atoms with van der Waals surface area (Å²) in [4.78, 5) is 19.8. The second-order valence-electron chi connectivity index (χ2n) is 7.76. The normalized spacial score (nSPS) is 11.1. The predicted octanol–water partition coefficient (Wildman–Crippen LogP) is 4.04. The maximum Gasteiger partial charge on any atom is 0.253 e. The molecule has 1 heterocycles. The summed E-state index contributed by atoms with van der Waals surface area (Å²) in [5.41, 5.74) is 4.33. The molecule has 0 aliphatic heterocycles. The van der Waals surface area contributed by atoms with Crippen molar-refractivity contribution in [3.8, 4) is 0 Å². The van der Waals surface area contributed by atoms with E-state index >= 15 is 0 Å². The van der Waals surface area contributed by atoms with Gasteiger partial charge in [-0.05, 0) is 87.0 Å². The number of H-pyrrole nitrogens is 1. The van der Waals surface area contributed by atoms with Crippen molar-refractivity contribution in [1.82, 2.24) is 14.8 Å². The molecule has 0 saturated carbocycles. The maximum atomic E-state index is 13.2. The number of hydrogen-bond acceptors (Lipinski definition) is 3. The first-order valence-electron chi connectivity index (χ1n) is 9.83. The lowest BCUT2D eigenvalue weighted by Gasteiger charge is -2.27. The number of nitrogens with zero attached hydrogens (tertiary/aromatic N) is 2. The zero-order chi connectivity index (χ0) is 21.8. The van der Waals surface area contributed by atoms with Crippen LogP contribution in [0, 0.1) is 19.7 Å². The van der Waals surface area contributed by atoms with Gasteiger partial charge in [-0.15, -0.1) is 0 Å². The summed E-state index contributed by atoms with van der Waals surface area (Å²) in [6, 6.07) is 12.1. The SMILES string of the molecule is Cc1ccc2cc(CN(CCN(C)C)C(=S)Nc3ccc(F)cc3)c(=O)[nH]c2c1C. The first kappa shape index (κ1) is 21.9. The van der Waals surface area contributed by atoms with Crippen molar-refractivity contribution >= 4 is 33.9 Å². The van der Waals surface area contributed by atoms with E-state index in [-0.39, 0.29) is 11.4 Å². The van der Waals surface area contributed by atoms with Crippen molar-refractivity contribution in [2.24, 2.45) is 0 Å². The van der Waals surface area contributed by atoms with Crippen LogP contribution in [0.15, 0.2) is 47.3 Å². The largest absolute Gasteiger partial charge is 0.343 e. The quantitative estimate of drug-likeness (QED) is 0.583. The van der Waals surface area contributed by atoms with Crippen LogP contribution < -0.4 is 10.9 Å². The Hall–Kier alpha value is -2.77. The zero-order valence-electron chi connectivity index (χ0n) is 17.8. The van der Waals surface area contributed by atoms with E-state index in [4.69, 9.17) is 12.2 Å². The molecular weight excluding hydrogens is 399 g/mol. The standard InChI is InChI=1S/C23H27FN4OS/c1-15-5-6-17-13-18(22(29)26-21(17)16(15)2)14-28(12-11-27(3)4)23(30)25-20-9-7-19(24)8-10-20/h5-10,13H,11-12,14H2,1-4H3,(H,25,30)(H,26,29). The molecule has 5 nitrogen and oxygen atoms in total. The molecule has 0 spiro atoms. The molecule has 0 amide bonds. The third-order valence-corrected chi connectivity index (χ3v) is 5.55. The molecule has 0 unspecified atom stereocenters. The van der Waals surface area contributed by atoms with Gasteiger partial charge in [-0.25, -0.2) is 4.39 Å². The first-order chi connectivity index (χ1) is 14.2. The number of fused-ring (bicyclic) bond motifs is 1. The molecule has 7 heteroatoms. The minimum Gasteiger partial charge on any atom is -0.343 e. The molecule has 3 rings (SSSR count). The van der Waals surface area contributed by atoms with Gasteiger partial charge in [0.2, 0.25) is 0 Å². The highest BCUT2D eigenvalue weighted by molar-refractivity contribution is 7.80. The zero-order valence-corrected chi connectivity index (χ0v) is 18.6. The molecule has 30 heavy (non-hydrogen) atoms. The highest BCUT2D eigenvalue weighted by Crippen LogP contribution is 2.19. The Kier molecular flexibility index (Phi) is 6.84. The van der Waals surface area contributed by atoms with E-state index < -0.39 is 0 Å². The summed E-state index contributed by atoms with van der Waals surface area (Å²) in [6.07, 6.45) is 0. The van der Waals surface area contributed by atoms with E-state index in [1.807, 2.05) is 45.0 Å². The number of thiocarbonyl (C=S) groups is 1. The van der Waals surface area contributed by atoms with Gasteiger partial charge in [0.05, 0.1) is 12.1 Å². The number of rotatable bonds is 6. The topological polar surface area (TPSA) is 51.4 Å². The molecular formula is C23H27FN4OS. The van der Waals surface area contributed by atoms with Crippen LogP contribution in [0.25, 0.3) is 10.9 Å². The third kappa shape index (κ3) is 5.23. The van der Waals surface area contributed by atoms with E-state index in [9.17, 15) is 9.18 Å². The van der Waals surface area contributed by atoms with Crippen LogP contribution in [-0.2, 0) is 6.54 Å². The van der Waals surface area contributed by atoms with Crippen molar-refractivity contribution in [3.05, 3.63) is 75.3 Å². The van der Waals surface area contributed by atoms with E-state index in [0.717, 1.165) is 28.6 Å². The highest BCUT2D eigenvalue weighted by Gasteiger charge is 2.15. The van der Waals surface area contributed by atoms with Crippen LogP contribution >= 0.6 is 12.2 Å². The van der Waals surface area contributed by atoms with Crippen LogP contribution in [0.3, 0.4) is 0 Å². The van der Waals surface area contributed by atoms with Crippen molar-refractivity contribution < 1.29 is 4.39 Å². The molecule has 1 aromatic heterocycles. The highest BCUT2D eigenvalue weighted by atomic mass is 32.1. The Labute approximate surface area is 181 Å². The van der Waals surface area contributed by atoms with Crippen molar-refractivity contribution in [3.63, 3.8) is 0 Å². The number of benzene rings is 2. The number of likely N-dealkylation sites (N-methyl/N-ethyl adjacent to an activating group) is 1. The maximum absolute atomic E-state index is 13.2. The van der Waals surface area contributed by atoms with Crippen LogP contribution in [0.1, 0.15) is 16.7 Å². The van der Waals surface area contributed by atoms with Gasteiger partial charge in [0.1, 0.15) is 5.82 Å². The number of hydrogen-bond donors (Lipinski definition) is 2. The molecule has 0 aliphatic carbocycles. The number of aromatic amines is 1. The van der Waals surface area contributed by atoms with Crippen LogP contribution in [0.5, 0.6) is 0 Å². The van der Waals surface area contributed by atoms with E-state index in [1.54, 1.807) is 12.1 Å². The molecule has 0 fully saturated rings. The Bertz CT molecular complexity index is 1110. The van der Waals surface area contributed by atoms with E-state index in [1.165, 1.54) is 12.1 Å². The number of anilines is 1. The summed E-state index contributed by atoms with van der Waals surface area (Å²) < 4.78 is 13.2. The molecule has 0 atom stereocenters. The Morgan fingerprint density at radius 3 is 2.47 bits per heavy atom. The fraction of sp³-hybridized carbons (Fsp3) is 0.304. The monoisotopic (exact) mass is 426 g/mol. The minimum atomic E-state index is -0.302. The lowest BCUT2D eigenvalue weighted by Crippen LogP contribution is -2.40. The van der Waals surface area contributed by atoms with Gasteiger partial charge in [0, 0.05) is 24.3 Å². The molecule has 2 aromatic carbocycles. The molecule has 0 bridgehead atoms. The van der Waals surface area contributed by atoms with Crippen molar-refractivity contribution in [1.29, 1.82) is 0 Å². The van der Waals surface area contributed by atoms with Crippen LogP contribution in [0.4, 0.5) is 10.1 Å². The molecule has 158 valence electrons. The van der Waals surface area contributed by atoms with Gasteiger partial charge < -0.3 is 20.1 Å². The second kappa shape index (κ2) is 9.36. The number of halogens is 1. The average Bonchev–Trinajstić information content (AvgIpc) is 2.70. The first-order valence-corrected chi connectivity index (χ1v) is 10.2. The molecule has 0 saturated heterocycles. The predicted molar refractivity (Wildman–Crippen MR) is 126 cm³/mol. The average molecular weight is 427 g/mol. The van der Waals surface area contributed by atoms with Crippen LogP contribution in [-0.4, -0.2) is 47.1 Å². The van der Waals surface area contributed by atoms with E-state index in [2.05, 4.69) is 21.3 Å². The summed E-state index contributed by atoms with van der Waals surface area (Å²) in [7, 11) is 3.98. The number of pyridine rings is 1. The number of aromatic nitrogens is 1. The van der Waals surface area contributed by atoms with Gasteiger partial charge in [0.15, 0.2) is 5.11 Å². The lowest BCUT2D eigenvalue weighted by molar-refractivity contribution is 0.327.